The van der Waals surface area contributed by atoms with E-state index in [9.17, 15) is 22.8 Å². The molecule has 11 heteroatoms. The summed E-state index contributed by atoms with van der Waals surface area (Å²) >= 11 is 0. The minimum Gasteiger partial charge on any atom is -0.368 e. The Morgan fingerprint density at radius 2 is 2.00 bits per heavy atom. The molecule has 0 saturated carbocycles. The summed E-state index contributed by atoms with van der Waals surface area (Å²) in [5.41, 5.74) is 5.63. The van der Waals surface area contributed by atoms with E-state index >= 15 is 0 Å². The number of anilines is 1. The first-order valence-corrected chi connectivity index (χ1v) is 9.91. The fourth-order valence-electron chi connectivity index (χ4n) is 3.82. The molecule has 1 aromatic carbocycles. The van der Waals surface area contributed by atoms with Crippen LogP contribution < -0.4 is 11.3 Å². The molecule has 32 heavy (non-hydrogen) atoms. The van der Waals surface area contributed by atoms with Gasteiger partial charge >= 0.3 is 6.18 Å². The molecule has 3 aromatic rings. The Kier molecular flexibility index (Phi) is 5.64. The van der Waals surface area contributed by atoms with Crippen molar-refractivity contribution in [2.75, 3.05) is 12.3 Å². The van der Waals surface area contributed by atoms with Gasteiger partial charge in [-0.15, -0.1) is 0 Å². The third-order valence-electron chi connectivity index (χ3n) is 5.32. The molecule has 8 nitrogen and oxygen atoms in total. The first kappa shape index (κ1) is 21.5. The second-order valence-electron chi connectivity index (χ2n) is 7.42. The molecule has 1 aliphatic rings. The molecule has 3 N–H and O–H groups in total. The third-order valence-corrected chi connectivity index (χ3v) is 5.32. The van der Waals surface area contributed by atoms with E-state index in [-0.39, 0.29) is 17.2 Å². The second-order valence-corrected chi connectivity index (χ2v) is 7.42. The number of nitrogen functional groups attached to an aromatic ring is 1. The van der Waals surface area contributed by atoms with E-state index in [4.69, 9.17) is 5.73 Å². The number of nitrogens with zero attached hydrogens (tertiary/aromatic N) is 4. The topological polar surface area (TPSA) is 118 Å². The fraction of sp³-hybridized carbons (Fsp3) is 0.286. The monoisotopic (exact) mass is 444 g/mol. The van der Waals surface area contributed by atoms with Gasteiger partial charge < -0.3 is 10.6 Å². The highest BCUT2D eigenvalue weighted by atomic mass is 19.4. The first-order valence-electron chi connectivity index (χ1n) is 9.91. The summed E-state index contributed by atoms with van der Waals surface area (Å²) in [5, 5.41) is 6.04. The molecule has 1 fully saturated rings. The number of amides is 1. The van der Waals surface area contributed by atoms with Gasteiger partial charge in [-0.3, -0.25) is 9.59 Å². The lowest BCUT2D eigenvalue weighted by atomic mass is 9.93. The molecule has 1 aliphatic heterocycles. The predicted molar refractivity (Wildman–Crippen MR) is 109 cm³/mol. The van der Waals surface area contributed by atoms with Crippen LogP contribution in [-0.2, 0) is 6.18 Å². The Morgan fingerprint density at radius 3 is 2.72 bits per heavy atom. The van der Waals surface area contributed by atoms with Gasteiger partial charge in [-0.2, -0.15) is 18.3 Å². The van der Waals surface area contributed by atoms with E-state index in [1.54, 1.807) is 4.90 Å². The normalized spacial score (nSPS) is 16.7. The smallest absolute Gasteiger partial charge is 0.368 e. The van der Waals surface area contributed by atoms with Gasteiger partial charge in [0.25, 0.3) is 11.5 Å². The van der Waals surface area contributed by atoms with Crippen LogP contribution in [0.15, 0.2) is 47.4 Å². The summed E-state index contributed by atoms with van der Waals surface area (Å²) in [6, 6.07) is 6.85. The Bertz CT molecular complexity index is 1190. The number of halogens is 3. The van der Waals surface area contributed by atoms with Gasteiger partial charge in [-0.05, 0) is 43.0 Å². The number of alkyl halides is 3. The maximum absolute atomic E-state index is 13.3. The van der Waals surface area contributed by atoms with Crippen LogP contribution in [0.2, 0.25) is 0 Å². The Morgan fingerprint density at radius 1 is 1.19 bits per heavy atom. The average molecular weight is 444 g/mol. The van der Waals surface area contributed by atoms with Crippen molar-refractivity contribution in [2.24, 2.45) is 0 Å². The number of hydrogen-bond donors (Lipinski definition) is 2. The zero-order valence-corrected chi connectivity index (χ0v) is 16.8. The maximum Gasteiger partial charge on any atom is 0.416 e. The lowest BCUT2D eigenvalue weighted by Gasteiger charge is -2.36. The average Bonchev–Trinajstić information content (AvgIpc) is 2.78. The van der Waals surface area contributed by atoms with Gasteiger partial charge in [0.2, 0.25) is 5.95 Å². The number of benzene rings is 1. The molecule has 3 heterocycles. The Labute approximate surface area is 180 Å². The molecular weight excluding hydrogens is 425 g/mol. The number of H-pyrrole nitrogens is 1. The number of piperidine rings is 1. The van der Waals surface area contributed by atoms with Gasteiger partial charge in [0.15, 0.2) is 0 Å². The van der Waals surface area contributed by atoms with E-state index in [1.165, 1.54) is 30.5 Å². The van der Waals surface area contributed by atoms with E-state index < -0.39 is 29.2 Å². The quantitative estimate of drug-likeness (QED) is 0.641. The summed E-state index contributed by atoms with van der Waals surface area (Å²) in [7, 11) is 0. The van der Waals surface area contributed by atoms with Crippen molar-refractivity contribution in [1.82, 2.24) is 25.1 Å². The van der Waals surface area contributed by atoms with E-state index in [0.29, 0.717) is 24.2 Å². The van der Waals surface area contributed by atoms with Crippen molar-refractivity contribution in [2.45, 2.75) is 31.5 Å². The Hall–Kier alpha value is -3.76. The van der Waals surface area contributed by atoms with Crippen molar-refractivity contribution in [3.05, 3.63) is 69.9 Å². The number of rotatable bonds is 3. The largest absolute Gasteiger partial charge is 0.416 e. The van der Waals surface area contributed by atoms with Crippen molar-refractivity contribution < 1.29 is 18.0 Å². The van der Waals surface area contributed by atoms with Crippen LogP contribution in [0.3, 0.4) is 0 Å². The zero-order valence-electron chi connectivity index (χ0n) is 16.8. The van der Waals surface area contributed by atoms with Crippen LogP contribution in [0.25, 0.3) is 11.1 Å². The van der Waals surface area contributed by atoms with Gasteiger partial charge in [0, 0.05) is 24.4 Å². The SMILES string of the molecule is Nc1ncc(-c2cccc(C(F)(F)F)c2)c([C@@H]2CCCCN2C(=O)c2ccc(=O)[nH]n2)n1. The number of aromatic amines is 1. The molecule has 2 aromatic heterocycles. The van der Waals surface area contributed by atoms with Crippen LogP contribution in [0, 0.1) is 0 Å². The molecule has 1 atom stereocenters. The van der Waals surface area contributed by atoms with Crippen molar-refractivity contribution >= 4 is 11.9 Å². The van der Waals surface area contributed by atoms with Crippen LogP contribution in [0.1, 0.15) is 47.1 Å². The summed E-state index contributed by atoms with van der Waals surface area (Å²) in [6.45, 7) is 0.399. The number of likely N-dealkylation sites (tertiary alicyclic amines) is 1. The highest BCUT2D eigenvalue weighted by Crippen LogP contribution is 2.38. The molecule has 166 valence electrons. The van der Waals surface area contributed by atoms with Gasteiger partial charge in [-0.25, -0.2) is 15.1 Å². The molecule has 1 amide bonds. The molecular formula is C21H19F3N6O2. The van der Waals surface area contributed by atoms with Crippen molar-refractivity contribution in [3.8, 4) is 11.1 Å². The standard InChI is InChI=1S/C21H19F3N6O2/c22-21(23,24)13-5-3-4-12(10-13)14-11-26-20(25)27-18(14)16-6-1-2-9-30(16)19(32)15-7-8-17(31)29-28-15/h3-5,7-8,10-11,16H,1-2,6,9H2,(H,29,31)(H2,25,26,27)/t16-/m0/s1. The van der Waals surface area contributed by atoms with Gasteiger partial charge in [0.1, 0.15) is 5.69 Å². The first-order chi connectivity index (χ1) is 15.2. The summed E-state index contributed by atoms with van der Waals surface area (Å²) in [6.07, 6.45) is -1.06. The van der Waals surface area contributed by atoms with Crippen molar-refractivity contribution in [1.29, 1.82) is 0 Å². The Balaban J connectivity index is 1.78. The highest BCUT2D eigenvalue weighted by Gasteiger charge is 2.34. The number of hydrogen-bond acceptors (Lipinski definition) is 6. The van der Waals surface area contributed by atoms with Crippen LogP contribution in [0.5, 0.6) is 0 Å². The number of carbonyl (C=O) groups excluding carboxylic acids is 1. The molecule has 0 radical (unpaired) electrons. The fourth-order valence-corrected chi connectivity index (χ4v) is 3.82. The molecule has 4 rings (SSSR count). The minimum absolute atomic E-state index is 0.0455. The lowest BCUT2D eigenvalue weighted by Crippen LogP contribution is -2.40. The maximum atomic E-state index is 13.3. The zero-order chi connectivity index (χ0) is 22.9. The number of aromatic nitrogens is 4. The number of nitrogens with two attached hydrogens (primary N) is 1. The van der Waals surface area contributed by atoms with Crippen LogP contribution >= 0.6 is 0 Å². The molecule has 0 aliphatic carbocycles. The van der Waals surface area contributed by atoms with Crippen LogP contribution in [-0.4, -0.2) is 37.5 Å². The van der Waals surface area contributed by atoms with Gasteiger partial charge in [-0.1, -0.05) is 12.1 Å². The second kappa shape index (κ2) is 8.40. The summed E-state index contributed by atoms with van der Waals surface area (Å²) in [5.74, 6) is -0.464. The summed E-state index contributed by atoms with van der Waals surface area (Å²) < 4.78 is 39.8. The highest BCUT2D eigenvalue weighted by molar-refractivity contribution is 5.92. The van der Waals surface area contributed by atoms with Gasteiger partial charge in [0.05, 0.1) is 17.3 Å². The summed E-state index contributed by atoms with van der Waals surface area (Å²) in [4.78, 5) is 34.3. The molecule has 1 saturated heterocycles. The van der Waals surface area contributed by atoms with E-state index in [1.807, 2.05) is 0 Å². The molecule has 0 bridgehead atoms. The minimum atomic E-state index is -4.51. The molecule has 0 spiro atoms. The molecule has 0 unspecified atom stereocenters. The lowest BCUT2D eigenvalue weighted by molar-refractivity contribution is -0.137. The van der Waals surface area contributed by atoms with E-state index in [0.717, 1.165) is 25.0 Å². The van der Waals surface area contributed by atoms with Crippen molar-refractivity contribution in [3.63, 3.8) is 0 Å². The van der Waals surface area contributed by atoms with Crippen LogP contribution in [0.4, 0.5) is 19.1 Å². The number of carbonyl (C=O) groups is 1. The van der Waals surface area contributed by atoms with E-state index in [2.05, 4.69) is 20.2 Å². The predicted octanol–water partition coefficient (Wildman–Crippen LogP) is 3.20. The number of nitrogens with one attached hydrogen (secondary N) is 1. The third kappa shape index (κ3) is 4.32.